The second-order valence-electron chi connectivity index (χ2n) is 9.06. The maximum Gasteiger partial charge on any atom is 0.260 e. The Morgan fingerprint density at radius 3 is 2.38 bits per heavy atom. The lowest BCUT2D eigenvalue weighted by molar-refractivity contribution is -0.142. The number of hydrogen-bond acceptors (Lipinski definition) is 5. The SMILES string of the molecule is CC1CCC(C#N)(N(C)C(=O)C(C)N2CCN(C(=O)COc3ccc(F)cc3)CC2)CC1. The van der Waals surface area contributed by atoms with E-state index in [0.29, 0.717) is 37.8 Å². The van der Waals surface area contributed by atoms with Crippen LogP contribution in [-0.2, 0) is 9.59 Å². The van der Waals surface area contributed by atoms with Crippen LogP contribution in [0.2, 0.25) is 0 Å². The predicted octanol–water partition coefficient (Wildman–Crippen LogP) is 2.67. The second kappa shape index (κ2) is 10.3. The molecule has 7 nitrogen and oxygen atoms in total. The first-order valence-electron chi connectivity index (χ1n) is 11.3. The summed E-state index contributed by atoms with van der Waals surface area (Å²) in [6, 6.07) is 7.64. The molecule has 1 aliphatic heterocycles. The predicted molar refractivity (Wildman–Crippen MR) is 118 cm³/mol. The van der Waals surface area contributed by atoms with Crippen molar-refractivity contribution in [3.05, 3.63) is 30.1 Å². The molecule has 1 aromatic carbocycles. The summed E-state index contributed by atoms with van der Waals surface area (Å²) in [5.41, 5.74) is -0.715. The van der Waals surface area contributed by atoms with Gasteiger partial charge < -0.3 is 14.5 Å². The molecule has 0 N–H and O–H groups in total. The smallest absolute Gasteiger partial charge is 0.260 e. The van der Waals surface area contributed by atoms with Gasteiger partial charge in [-0.05, 0) is 62.8 Å². The van der Waals surface area contributed by atoms with Crippen molar-refractivity contribution in [3.8, 4) is 11.8 Å². The van der Waals surface area contributed by atoms with Gasteiger partial charge in [-0.3, -0.25) is 14.5 Å². The van der Waals surface area contributed by atoms with Crippen LogP contribution in [0.4, 0.5) is 4.39 Å². The summed E-state index contributed by atoms with van der Waals surface area (Å²) in [5.74, 6) is 0.512. The molecule has 0 bridgehead atoms. The van der Waals surface area contributed by atoms with Crippen molar-refractivity contribution in [2.75, 3.05) is 39.8 Å². The average Bonchev–Trinajstić information content (AvgIpc) is 2.83. The normalized spacial score (nSPS) is 25.0. The summed E-state index contributed by atoms with van der Waals surface area (Å²) in [4.78, 5) is 31.1. The van der Waals surface area contributed by atoms with Gasteiger partial charge >= 0.3 is 0 Å². The van der Waals surface area contributed by atoms with Crippen molar-refractivity contribution in [1.82, 2.24) is 14.7 Å². The summed E-state index contributed by atoms with van der Waals surface area (Å²) >= 11 is 0. The first kappa shape index (κ1) is 24.0. The minimum atomic E-state index is -0.715. The zero-order valence-corrected chi connectivity index (χ0v) is 19.2. The fourth-order valence-electron chi connectivity index (χ4n) is 4.54. The van der Waals surface area contributed by atoms with Crippen LogP contribution in [0.15, 0.2) is 24.3 Å². The number of rotatable bonds is 6. The summed E-state index contributed by atoms with van der Waals surface area (Å²) in [6.45, 7) is 6.15. The van der Waals surface area contributed by atoms with Crippen LogP contribution in [0.3, 0.4) is 0 Å². The van der Waals surface area contributed by atoms with Crippen LogP contribution < -0.4 is 4.74 Å². The first-order valence-corrected chi connectivity index (χ1v) is 11.3. The van der Waals surface area contributed by atoms with Crippen molar-refractivity contribution in [3.63, 3.8) is 0 Å². The molecule has 1 aliphatic carbocycles. The second-order valence-corrected chi connectivity index (χ2v) is 9.06. The summed E-state index contributed by atoms with van der Waals surface area (Å²) in [5, 5.41) is 9.85. The van der Waals surface area contributed by atoms with Gasteiger partial charge in [0.05, 0.1) is 12.1 Å². The molecule has 1 aromatic rings. The highest BCUT2D eigenvalue weighted by atomic mass is 19.1. The Labute approximate surface area is 189 Å². The molecule has 32 heavy (non-hydrogen) atoms. The van der Waals surface area contributed by atoms with Gasteiger partial charge in [-0.1, -0.05) is 6.92 Å². The minimum absolute atomic E-state index is 0.0412. The lowest BCUT2D eigenvalue weighted by atomic mass is 9.77. The Morgan fingerprint density at radius 1 is 1.22 bits per heavy atom. The number of carbonyl (C=O) groups excluding carboxylic acids is 2. The van der Waals surface area contributed by atoms with E-state index in [4.69, 9.17) is 4.74 Å². The number of benzene rings is 1. The van der Waals surface area contributed by atoms with E-state index in [-0.39, 0.29) is 30.3 Å². The molecule has 0 aromatic heterocycles. The van der Waals surface area contributed by atoms with E-state index in [1.165, 1.54) is 24.3 Å². The van der Waals surface area contributed by atoms with Gasteiger partial charge in [0.2, 0.25) is 5.91 Å². The Kier molecular flexibility index (Phi) is 7.73. The maximum atomic E-state index is 13.2. The summed E-state index contributed by atoms with van der Waals surface area (Å²) < 4.78 is 18.4. The standard InChI is InChI=1S/C24H33FN4O3/c1-18-8-10-24(17-26,11-9-18)27(3)23(31)19(2)28-12-14-29(15-13-28)22(30)16-32-21-6-4-20(25)5-7-21/h4-7,18-19H,8-16H2,1-3H3. The maximum absolute atomic E-state index is 13.2. The Balaban J connectivity index is 1.49. The van der Waals surface area contributed by atoms with E-state index in [0.717, 1.165) is 25.7 Å². The molecule has 0 radical (unpaired) electrons. The number of carbonyl (C=O) groups is 2. The van der Waals surface area contributed by atoms with Crippen LogP contribution in [-0.4, -0.2) is 77.9 Å². The van der Waals surface area contributed by atoms with E-state index in [2.05, 4.69) is 17.9 Å². The van der Waals surface area contributed by atoms with Crippen molar-refractivity contribution < 1.29 is 18.7 Å². The van der Waals surface area contributed by atoms with Crippen molar-refractivity contribution in [1.29, 1.82) is 5.26 Å². The highest BCUT2D eigenvalue weighted by Gasteiger charge is 2.42. The molecule has 1 atom stereocenters. The molecule has 1 unspecified atom stereocenters. The van der Waals surface area contributed by atoms with Gasteiger partial charge in [0.25, 0.3) is 5.91 Å². The van der Waals surface area contributed by atoms with Gasteiger partial charge in [0.15, 0.2) is 6.61 Å². The number of hydrogen-bond donors (Lipinski definition) is 0. The Morgan fingerprint density at radius 2 is 1.81 bits per heavy atom. The number of ether oxygens (including phenoxy) is 1. The number of nitrogens with zero attached hydrogens (tertiary/aromatic N) is 4. The van der Waals surface area contributed by atoms with Crippen LogP contribution in [0.25, 0.3) is 0 Å². The molecular weight excluding hydrogens is 411 g/mol. The van der Waals surface area contributed by atoms with Crippen LogP contribution in [0, 0.1) is 23.1 Å². The van der Waals surface area contributed by atoms with Gasteiger partial charge in [0, 0.05) is 33.2 Å². The lowest BCUT2D eigenvalue weighted by Gasteiger charge is -2.44. The number of halogens is 1. The molecule has 1 saturated heterocycles. The average molecular weight is 445 g/mol. The highest BCUT2D eigenvalue weighted by Crippen LogP contribution is 2.36. The fourth-order valence-corrected chi connectivity index (χ4v) is 4.54. The Bertz CT molecular complexity index is 838. The quantitative estimate of drug-likeness (QED) is 0.674. The van der Waals surface area contributed by atoms with Gasteiger partial charge in [-0.25, -0.2) is 4.39 Å². The van der Waals surface area contributed by atoms with Crippen molar-refractivity contribution in [2.24, 2.45) is 5.92 Å². The topological polar surface area (TPSA) is 76.9 Å². The number of piperazine rings is 1. The van der Waals surface area contributed by atoms with E-state index in [9.17, 15) is 19.2 Å². The summed E-state index contributed by atoms with van der Waals surface area (Å²) in [6.07, 6.45) is 3.35. The molecule has 2 fully saturated rings. The van der Waals surface area contributed by atoms with Gasteiger partial charge in [0.1, 0.15) is 17.1 Å². The van der Waals surface area contributed by atoms with E-state index in [1.54, 1.807) is 16.8 Å². The van der Waals surface area contributed by atoms with Crippen molar-refractivity contribution >= 4 is 11.8 Å². The highest BCUT2D eigenvalue weighted by molar-refractivity contribution is 5.82. The van der Waals surface area contributed by atoms with Crippen LogP contribution in [0.5, 0.6) is 5.75 Å². The molecule has 1 heterocycles. The molecule has 1 saturated carbocycles. The van der Waals surface area contributed by atoms with Gasteiger partial charge in [-0.2, -0.15) is 5.26 Å². The van der Waals surface area contributed by atoms with Crippen LogP contribution >= 0.6 is 0 Å². The van der Waals surface area contributed by atoms with Crippen LogP contribution in [0.1, 0.15) is 39.5 Å². The molecule has 0 spiro atoms. The summed E-state index contributed by atoms with van der Waals surface area (Å²) in [7, 11) is 1.75. The molecule has 174 valence electrons. The first-order chi connectivity index (χ1) is 15.3. The zero-order chi connectivity index (χ0) is 23.3. The third kappa shape index (κ3) is 5.39. The van der Waals surface area contributed by atoms with E-state index in [1.807, 2.05) is 6.92 Å². The fraction of sp³-hybridized carbons (Fsp3) is 0.625. The van der Waals surface area contributed by atoms with E-state index < -0.39 is 5.54 Å². The minimum Gasteiger partial charge on any atom is -0.484 e. The molecule has 2 amide bonds. The zero-order valence-electron chi connectivity index (χ0n) is 19.2. The monoisotopic (exact) mass is 444 g/mol. The molecule has 2 aliphatic rings. The number of amides is 2. The van der Waals surface area contributed by atoms with Gasteiger partial charge in [-0.15, -0.1) is 0 Å². The molecular formula is C24H33FN4O3. The molecule has 3 rings (SSSR count). The Hall–Kier alpha value is -2.66. The van der Waals surface area contributed by atoms with Crippen molar-refractivity contribution in [2.45, 2.75) is 51.1 Å². The largest absolute Gasteiger partial charge is 0.484 e. The lowest BCUT2D eigenvalue weighted by Crippen LogP contribution is -2.59. The number of nitriles is 1. The van der Waals surface area contributed by atoms with E-state index >= 15 is 0 Å². The third-order valence-corrected chi connectivity index (χ3v) is 7.03. The number of likely N-dealkylation sites (N-methyl/N-ethyl adjacent to an activating group) is 1. The third-order valence-electron chi connectivity index (χ3n) is 7.03. The molecule has 8 heteroatoms.